The molecule has 3 aromatic rings. The minimum Gasteiger partial charge on any atom is -0.367 e. The number of nitrogens with one attached hydrogen (secondary N) is 2. The van der Waals surface area contributed by atoms with Crippen LogP contribution in [0.4, 0.5) is 19.0 Å². The average Bonchev–Trinajstić information content (AvgIpc) is 3.20. The lowest BCUT2D eigenvalue weighted by atomic mass is 10.2. The monoisotopic (exact) mass is 410 g/mol. The number of aromatic nitrogens is 4. The predicted octanol–water partition coefficient (Wildman–Crippen LogP) is 3.18. The minimum atomic E-state index is -4.51. The molecule has 28 heavy (non-hydrogen) atoms. The first-order valence-corrected chi connectivity index (χ1v) is 8.41. The number of hydrogen-bond acceptors (Lipinski definition) is 5. The number of nitrogens with zero attached hydrogens (tertiary/aromatic N) is 4. The molecule has 0 radical (unpaired) electrons. The van der Waals surface area contributed by atoms with Crippen molar-refractivity contribution in [3.8, 4) is 5.82 Å². The maximum absolute atomic E-state index is 12.6. The second kappa shape index (κ2) is 8.26. The van der Waals surface area contributed by atoms with Gasteiger partial charge in [0.25, 0.3) is 5.91 Å². The van der Waals surface area contributed by atoms with Crippen LogP contribution in [0.5, 0.6) is 0 Å². The van der Waals surface area contributed by atoms with E-state index >= 15 is 0 Å². The van der Waals surface area contributed by atoms with Gasteiger partial charge in [0.15, 0.2) is 0 Å². The Morgan fingerprint density at radius 1 is 1.18 bits per heavy atom. The van der Waals surface area contributed by atoms with Gasteiger partial charge >= 0.3 is 6.18 Å². The topological polar surface area (TPSA) is 84.7 Å². The van der Waals surface area contributed by atoms with Crippen LogP contribution in [0.1, 0.15) is 15.9 Å². The molecule has 0 aliphatic heterocycles. The van der Waals surface area contributed by atoms with Crippen molar-refractivity contribution in [1.82, 2.24) is 24.8 Å². The summed E-state index contributed by atoms with van der Waals surface area (Å²) in [5.74, 6) is 0.395. The Bertz CT molecular complexity index is 945. The van der Waals surface area contributed by atoms with Gasteiger partial charge in [0, 0.05) is 37.9 Å². The Labute approximate surface area is 162 Å². The second-order valence-corrected chi connectivity index (χ2v) is 6.02. The molecular formula is C17H14ClF3N6O. The number of pyridine rings is 2. The average molecular weight is 411 g/mol. The van der Waals surface area contributed by atoms with Gasteiger partial charge in [-0.05, 0) is 18.2 Å². The maximum atomic E-state index is 12.6. The van der Waals surface area contributed by atoms with E-state index in [-0.39, 0.29) is 29.8 Å². The maximum Gasteiger partial charge on any atom is 0.417 e. The van der Waals surface area contributed by atoms with E-state index in [4.69, 9.17) is 11.6 Å². The van der Waals surface area contributed by atoms with Gasteiger partial charge in [0.2, 0.25) is 0 Å². The van der Waals surface area contributed by atoms with Crippen LogP contribution in [-0.2, 0) is 6.18 Å². The third-order valence-corrected chi connectivity index (χ3v) is 3.94. The Kier molecular flexibility index (Phi) is 5.78. The van der Waals surface area contributed by atoms with E-state index in [1.807, 2.05) is 0 Å². The number of carbonyl (C=O) groups is 1. The van der Waals surface area contributed by atoms with Gasteiger partial charge in [0.1, 0.15) is 18.0 Å². The molecule has 2 N–H and O–H groups in total. The molecule has 0 unspecified atom stereocenters. The summed E-state index contributed by atoms with van der Waals surface area (Å²) in [6.45, 7) is 0.436. The van der Waals surface area contributed by atoms with Gasteiger partial charge in [0.05, 0.1) is 16.1 Å². The van der Waals surface area contributed by atoms with Crippen LogP contribution in [0, 0.1) is 0 Å². The fraction of sp³-hybridized carbons (Fsp3) is 0.176. The van der Waals surface area contributed by atoms with Crippen LogP contribution >= 0.6 is 11.6 Å². The van der Waals surface area contributed by atoms with Gasteiger partial charge in [-0.3, -0.25) is 9.36 Å². The van der Waals surface area contributed by atoms with Crippen molar-refractivity contribution >= 4 is 23.3 Å². The number of rotatable bonds is 6. The van der Waals surface area contributed by atoms with Gasteiger partial charge in [-0.25, -0.2) is 15.0 Å². The van der Waals surface area contributed by atoms with E-state index in [0.29, 0.717) is 17.6 Å². The summed E-state index contributed by atoms with van der Waals surface area (Å²) in [5, 5.41) is 5.29. The van der Waals surface area contributed by atoms with Gasteiger partial charge in [-0.1, -0.05) is 11.6 Å². The molecule has 0 atom stereocenters. The Morgan fingerprint density at radius 3 is 2.61 bits per heavy atom. The molecule has 0 aliphatic rings. The zero-order valence-corrected chi connectivity index (χ0v) is 15.0. The van der Waals surface area contributed by atoms with Crippen molar-refractivity contribution in [2.24, 2.45) is 0 Å². The lowest BCUT2D eigenvalue weighted by molar-refractivity contribution is -0.137. The molecule has 0 aromatic carbocycles. The SMILES string of the molecule is O=C(NCCNc1ncc(C(F)(F)F)cc1Cl)c1ccc(-n2ccnc2)nc1. The standard InChI is InChI=1S/C17H14ClF3N6O/c18-13-7-12(17(19,20)21)9-26-15(13)23-3-4-24-16(28)11-1-2-14(25-8-11)27-6-5-22-10-27/h1-2,5-10H,3-4H2,(H,23,26)(H,24,28). The predicted molar refractivity (Wildman–Crippen MR) is 96.4 cm³/mol. The van der Waals surface area contributed by atoms with Crippen molar-refractivity contribution in [3.63, 3.8) is 0 Å². The lowest BCUT2D eigenvalue weighted by Crippen LogP contribution is -2.29. The van der Waals surface area contributed by atoms with Gasteiger partial charge in [-0.2, -0.15) is 13.2 Å². The number of anilines is 1. The molecule has 0 fully saturated rings. The zero-order valence-electron chi connectivity index (χ0n) is 14.2. The summed E-state index contributed by atoms with van der Waals surface area (Å²) in [5.41, 5.74) is -0.558. The van der Waals surface area contributed by atoms with Crippen molar-refractivity contribution in [2.75, 3.05) is 18.4 Å². The molecule has 1 amide bonds. The van der Waals surface area contributed by atoms with Crippen LogP contribution in [0.3, 0.4) is 0 Å². The van der Waals surface area contributed by atoms with Crippen molar-refractivity contribution < 1.29 is 18.0 Å². The summed E-state index contributed by atoms with van der Waals surface area (Å²) in [4.78, 5) is 23.9. The highest BCUT2D eigenvalue weighted by atomic mass is 35.5. The molecule has 0 aliphatic carbocycles. The highest BCUT2D eigenvalue weighted by molar-refractivity contribution is 6.32. The molecule has 3 heterocycles. The minimum absolute atomic E-state index is 0.107. The summed E-state index contributed by atoms with van der Waals surface area (Å²) in [6.07, 6.45) is 2.56. The Morgan fingerprint density at radius 2 is 2.00 bits per heavy atom. The van der Waals surface area contributed by atoms with Crippen molar-refractivity contribution in [2.45, 2.75) is 6.18 Å². The smallest absolute Gasteiger partial charge is 0.367 e. The first-order valence-electron chi connectivity index (χ1n) is 8.04. The molecule has 0 bridgehead atoms. The van der Waals surface area contributed by atoms with Crippen LogP contribution in [-0.4, -0.2) is 38.5 Å². The molecule has 3 rings (SSSR count). The lowest BCUT2D eigenvalue weighted by Gasteiger charge is -2.11. The van der Waals surface area contributed by atoms with E-state index < -0.39 is 11.7 Å². The fourth-order valence-electron chi connectivity index (χ4n) is 2.25. The third-order valence-electron chi connectivity index (χ3n) is 3.65. The number of imidazole rings is 1. The van der Waals surface area contributed by atoms with Crippen molar-refractivity contribution in [1.29, 1.82) is 0 Å². The van der Waals surface area contributed by atoms with Crippen LogP contribution in [0.25, 0.3) is 5.82 Å². The Hall–Kier alpha value is -3.14. The van der Waals surface area contributed by atoms with Crippen LogP contribution in [0.15, 0.2) is 49.3 Å². The third kappa shape index (κ3) is 4.77. The molecule has 0 spiro atoms. The van der Waals surface area contributed by atoms with Gasteiger partial charge in [-0.15, -0.1) is 0 Å². The molecule has 11 heteroatoms. The first kappa shape index (κ1) is 19.6. The van der Waals surface area contributed by atoms with E-state index in [0.717, 1.165) is 6.07 Å². The number of amides is 1. The summed E-state index contributed by atoms with van der Waals surface area (Å²) in [7, 11) is 0. The number of carbonyl (C=O) groups excluding carboxylic acids is 1. The largest absolute Gasteiger partial charge is 0.417 e. The van der Waals surface area contributed by atoms with E-state index in [1.165, 1.54) is 6.20 Å². The highest BCUT2D eigenvalue weighted by Gasteiger charge is 2.31. The first-order chi connectivity index (χ1) is 13.3. The fourth-order valence-corrected chi connectivity index (χ4v) is 2.48. The summed E-state index contributed by atoms with van der Waals surface area (Å²) < 4.78 is 39.5. The quantitative estimate of drug-likeness (QED) is 0.610. The summed E-state index contributed by atoms with van der Waals surface area (Å²) in [6, 6.07) is 4.10. The van der Waals surface area contributed by atoms with Crippen molar-refractivity contribution in [3.05, 3.63) is 65.5 Å². The second-order valence-electron chi connectivity index (χ2n) is 5.61. The number of halogens is 4. The van der Waals surface area contributed by atoms with Crippen LogP contribution in [0.2, 0.25) is 5.02 Å². The van der Waals surface area contributed by atoms with E-state index in [9.17, 15) is 18.0 Å². The molecule has 0 saturated carbocycles. The zero-order chi connectivity index (χ0) is 20.1. The normalized spacial score (nSPS) is 11.3. The molecule has 3 aromatic heterocycles. The molecular weight excluding hydrogens is 397 g/mol. The van der Waals surface area contributed by atoms with Gasteiger partial charge < -0.3 is 10.6 Å². The Balaban J connectivity index is 1.49. The summed E-state index contributed by atoms with van der Waals surface area (Å²) >= 11 is 5.80. The van der Waals surface area contributed by atoms with Crippen LogP contribution < -0.4 is 10.6 Å². The molecule has 0 saturated heterocycles. The molecule has 146 valence electrons. The van der Waals surface area contributed by atoms with E-state index in [1.54, 1.807) is 35.4 Å². The molecule has 7 nitrogen and oxygen atoms in total. The highest BCUT2D eigenvalue weighted by Crippen LogP contribution is 2.32. The number of alkyl halides is 3. The van der Waals surface area contributed by atoms with E-state index in [2.05, 4.69) is 25.6 Å². The number of hydrogen-bond donors (Lipinski definition) is 2.